The molecule has 0 aromatic heterocycles. The van der Waals surface area contributed by atoms with Gasteiger partial charge in [-0.2, -0.15) is 0 Å². The molecule has 1 aliphatic heterocycles. The normalized spacial score (nSPS) is 13.4. The molecule has 0 spiro atoms. The fraction of sp³-hybridized carbons (Fsp3) is 0.231. The van der Waals surface area contributed by atoms with E-state index in [1.54, 1.807) is 0 Å². The number of allylic oxidation sites excluding steroid dienone is 1. The van der Waals surface area contributed by atoms with Crippen molar-refractivity contribution in [2.45, 2.75) is 0 Å². The van der Waals surface area contributed by atoms with E-state index in [-0.39, 0.29) is 10.6 Å². The first-order valence-electron chi connectivity index (χ1n) is 5.51. The molecular weight excluding hydrogens is 272 g/mol. The summed E-state index contributed by atoms with van der Waals surface area (Å²) in [5.74, 6) is -0.0513. The molecule has 0 atom stereocenters. The zero-order valence-electron chi connectivity index (χ0n) is 10.1. The largest absolute Gasteiger partial charge is 0.486 e. The summed E-state index contributed by atoms with van der Waals surface area (Å²) < 4.78 is 15.1. The Morgan fingerprint density at radius 1 is 1.21 bits per heavy atom. The van der Waals surface area contributed by atoms with Gasteiger partial charge in [-0.15, -0.1) is 0 Å². The molecule has 0 radical (unpaired) electrons. The summed E-state index contributed by atoms with van der Waals surface area (Å²) >= 11 is 6.00. The third kappa shape index (κ3) is 3.06. The number of hydrogen-bond donors (Lipinski definition) is 0. The van der Waals surface area contributed by atoms with Crippen molar-refractivity contribution < 1.29 is 23.8 Å². The Morgan fingerprint density at radius 3 is 2.47 bits per heavy atom. The van der Waals surface area contributed by atoms with Gasteiger partial charge in [-0.05, 0) is 12.1 Å². The lowest BCUT2D eigenvalue weighted by molar-refractivity contribution is -0.134. The number of ether oxygens (including phenoxy) is 3. The maximum Gasteiger partial charge on any atom is 0.330 e. The van der Waals surface area contributed by atoms with E-state index in [2.05, 4.69) is 4.74 Å². The van der Waals surface area contributed by atoms with Crippen LogP contribution in [-0.4, -0.2) is 32.1 Å². The minimum Gasteiger partial charge on any atom is -0.486 e. The fourth-order valence-corrected chi connectivity index (χ4v) is 1.80. The van der Waals surface area contributed by atoms with Gasteiger partial charge in [-0.3, -0.25) is 4.79 Å². The first kappa shape index (κ1) is 13.4. The monoisotopic (exact) mass is 282 g/mol. The summed E-state index contributed by atoms with van der Waals surface area (Å²) in [6.07, 6.45) is 2.14. The van der Waals surface area contributed by atoms with Crippen LogP contribution in [0.4, 0.5) is 0 Å². The first-order chi connectivity index (χ1) is 9.11. The van der Waals surface area contributed by atoms with Crippen LogP contribution < -0.4 is 9.47 Å². The van der Waals surface area contributed by atoms with Gasteiger partial charge in [0.2, 0.25) is 0 Å². The smallest absolute Gasteiger partial charge is 0.330 e. The van der Waals surface area contributed by atoms with E-state index in [1.165, 1.54) is 19.2 Å². The van der Waals surface area contributed by atoms with Crippen LogP contribution in [0.5, 0.6) is 11.5 Å². The summed E-state index contributed by atoms with van der Waals surface area (Å²) in [4.78, 5) is 22.8. The van der Waals surface area contributed by atoms with Gasteiger partial charge >= 0.3 is 5.97 Å². The van der Waals surface area contributed by atoms with Crippen LogP contribution in [0, 0.1) is 0 Å². The van der Waals surface area contributed by atoms with Crippen molar-refractivity contribution in [1.82, 2.24) is 0 Å². The summed E-state index contributed by atoms with van der Waals surface area (Å²) in [5, 5.41) is 0.240. The number of carbonyl (C=O) groups excluding carboxylic acids is 2. The minimum atomic E-state index is -0.609. The third-order valence-electron chi connectivity index (χ3n) is 2.47. The van der Waals surface area contributed by atoms with Crippen molar-refractivity contribution >= 4 is 23.4 Å². The van der Waals surface area contributed by atoms with E-state index in [9.17, 15) is 9.59 Å². The van der Waals surface area contributed by atoms with Gasteiger partial charge in [-0.1, -0.05) is 11.6 Å². The van der Waals surface area contributed by atoms with Crippen LogP contribution in [-0.2, 0) is 9.53 Å². The molecule has 5 nitrogen and oxygen atoms in total. The molecule has 6 heteroatoms. The van der Waals surface area contributed by atoms with Gasteiger partial charge in [0.1, 0.15) is 13.2 Å². The second-order valence-corrected chi connectivity index (χ2v) is 4.10. The number of carbonyl (C=O) groups is 2. The summed E-state index contributed by atoms with van der Waals surface area (Å²) in [6.45, 7) is 0.860. The lowest BCUT2D eigenvalue weighted by Crippen LogP contribution is -2.16. The Kier molecular flexibility index (Phi) is 4.06. The Labute approximate surface area is 114 Å². The quantitative estimate of drug-likeness (QED) is 0.482. The van der Waals surface area contributed by atoms with E-state index in [0.717, 1.165) is 12.2 Å². The summed E-state index contributed by atoms with van der Waals surface area (Å²) in [6, 6.07) is 3.02. The number of rotatable bonds is 3. The molecule has 0 saturated heterocycles. The molecule has 1 heterocycles. The van der Waals surface area contributed by atoms with E-state index in [4.69, 9.17) is 21.1 Å². The Balaban J connectivity index is 2.27. The van der Waals surface area contributed by atoms with Crippen LogP contribution in [0.2, 0.25) is 5.02 Å². The standard InChI is InChI=1S/C13H11ClO5/c1-17-13(16)3-2-10(15)8-6-11-12(7-9(8)14)19-5-4-18-11/h2-3,6-7H,4-5H2,1H3/b3-2+. The minimum absolute atomic E-state index is 0.240. The molecule has 0 bridgehead atoms. The van der Waals surface area contributed by atoms with Gasteiger partial charge in [0.25, 0.3) is 0 Å². The number of esters is 1. The van der Waals surface area contributed by atoms with Crippen LogP contribution in [0.3, 0.4) is 0 Å². The van der Waals surface area contributed by atoms with Crippen molar-refractivity contribution in [2.75, 3.05) is 20.3 Å². The first-order valence-corrected chi connectivity index (χ1v) is 5.89. The van der Waals surface area contributed by atoms with Crippen molar-refractivity contribution in [3.63, 3.8) is 0 Å². The molecular formula is C13H11ClO5. The molecule has 0 aliphatic carbocycles. The van der Waals surface area contributed by atoms with Crippen molar-refractivity contribution in [3.05, 3.63) is 34.9 Å². The van der Waals surface area contributed by atoms with Crippen molar-refractivity contribution in [2.24, 2.45) is 0 Å². The maximum atomic E-state index is 11.9. The highest BCUT2D eigenvalue weighted by atomic mass is 35.5. The van der Waals surface area contributed by atoms with Crippen LogP contribution in [0.1, 0.15) is 10.4 Å². The molecule has 0 N–H and O–H groups in total. The summed E-state index contributed by atoms with van der Waals surface area (Å²) in [5.41, 5.74) is 0.242. The topological polar surface area (TPSA) is 61.8 Å². The van der Waals surface area contributed by atoms with Crippen molar-refractivity contribution in [1.29, 1.82) is 0 Å². The van der Waals surface area contributed by atoms with E-state index >= 15 is 0 Å². The molecule has 100 valence electrons. The van der Waals surface area contributed by atoms with E-state index < -0.39 is 11.8 Å². The second-order valence-electron chi connectivity index (χ2n) is 3.70. The van der Waals surface area contributed by atoms with Gasteiger partial charge in [-0.25, -0.2) is 4.79 Å². The molecule has 0 fully saturated rings. The number of halogens is 1. The predicted molar refractivity (Wildman–Crippen MR) is 67.9 cm³/mol. The number of benzene rings is 1. The Bertz CT molecular complexity index is 550. The SMILES string of the molecule is COC(=O)/C=C/C(=O)c1cc2c(cc1Cl)OCCO2. The van der Waals surface area contributed by atoms with Gasteiger partial charge in [0.15, 0.2) is 17.3 Å². The average Bonchev–Trinajstić information content (AvgIpc) is 2.43. The highest BCUT2D eigenvalue weighted by molar-refractivity contribution is 6.35. The van der Waals surface area contributed by atoms with Crippen LogP contribution in [0.25, 0.3) is 0 Å². The summed E-state index contributed by atoms with van der Waals surface area (Å²) in [7, 11) is 1.23. The van der Waals surface area contributed by atoms with Gasteiger partial charge in [0, 0.05) is 17.7 Å². The van der Waals surface area contributed by atoms with E-state index in [1.807, 2.05) is 0 Å². The third-order valence-corrected chi connectivity index (χ3v) is 2.78. The van der Waals surface area contributed by atoms with Gasteiger partial charge in [0.05, 0.1) is 12.1 Å². The molecule has 0 unspecified atom stereocenters. The number of ketones is 1. The molecule has 1 aliphatic rings. The van der Waals surface area contributed by atoms with Gasteiger partial charge < -0.3 is 14.2 Å². The molecule has 19 heavy (non-hydrogen) atoms. The number of fused-ring (bicyclic) bond motifs is 1. The maximum absolute atomic E-state index is 11.9. The molecule has 0 amide bonds. The number of methoxy groups -OCH3 is 1. The molecule has 0 saturated carbocycles. The molecule has 1 aromatic carbocycles. The second kappa shape index (κ2) is 5.75. The highest BCUT2D eigenvalue weighted by Gasteiger charge is 2.17. The van der Waals surface area contributed by atoms with Crippen LogP contribution in [0.15, 0.2) is 24.3 Å². The molecule has 1 aromatic rings. The lowest BCUT2D eigenvalue weighted by atomic mass is 10.1. The predicted octanol–water partition coefficient (Wildman–Crippen LogP) is 2.02. The number of hydrogen-bond acceptors (Lipinski definition) is 5. The average molecular weight is 283 g/mol. The lowest BCUT2D eigenvalue weighted by Gasteiger charge is -2.19. The Hall–Kier alpha value is -2.01. The van der Waals surface area contributed by atoms with Crippen LogP contribution >= 0.6 is 11.6 Å². The fourth-order valence-electron chi connectivity index (χ4n) is 1.55. The molecule has 2 rings (SSSR count). The van der Waals surface area contributed by atoms with E-state index in [0.29, 0.717) is 24.7 Å². The van der Waals surface area contributed by atoms with Crippen molar-refractivity contribution in [3.8, 4) is 11.5 Å². The Morgan fingerprint density at radius 2 is 1.84 bits per heavy atom. The zero-order valence-corrected chi connectivity index (χ0v) is 10.9. The zero-order chi connectivity index (χ0) is 13.8. The highest BCUT2D eigenvalue weighted by Crippen LogP contribution is 2.35.